The van der Waals surface area contributed by atoms with Crippen LogP contribution in [0.1, 0.15) is 45.3 Å². The first-order valence-electron chi connectivity index (χ1n) is 8.37. The number of carbonyl (C=O) groups excluding carboxylic acids is 1. The van der Waals surface area contributed by atoms with Crippen LogP contribution >= 0.6 is 11.6 Å². The van der Waals surface area contributed by atoms with Crippen molar-refractivity contribution in [2.45, 2.75) is 39.7 Å². The van der Waals surface area contributed by atoms with E-state index < -0.39 is 6.10 Å². The number of rotatable bonds is 3. The molecule has 2 N–H and O–H groups in total. The summed E-state index contributed by atoms with van der Waals surface area (Å²) in [6.45, 7) is 7.32. The highest BCUT2D eigenvalue weighted by Crippen LogP contribution is 2.46. The van der Waals surface area contributed by atoms with Gasteiger partial charge in [-0.25, -0.2) is 0 Å². The second-order valence-electron chi connectivity index (χ2n) is 7.33. The highest BCUT2D eigenvalue weighted by molar-refractivity contribution is 6.31. The lowest BCUT2D eigenvalue weighted by molar-refractivity contribution is -0.131. The topological polar surface area (TPSA) is 69.2 Å². The minimum Gasteiger partial charge on any atom is -0.388 e. The Balaban J connectivity index is 1.86. The summed E-state index contributed by atoms with van der Waals surface area (Å²) in [4.78, 5) is 13.4. The van der Waals surface area contributed by atoms with Gasteiger partial charge in [-0.2, -0.15) is 5.10 Å². The van der Waals surface area contributed by atoms with Crippen LogP contribution in [0.5, 0.6) is 0 Å². The number of likely N-dealkylation sites (tertiary alicyclic amines) is 1. The quantitative estimate of drug-likeness (QED) is 0.890. The molecule has 1 fully saturated rings. The molecule has 130 valence electrons. The van der Waals surface area contributed by atoms with Gasteiger partial charge in [-0.15, -0.1) is 0 Å². The first-order valence-corrected chi connectivity index (χ1v) is 8.74. The van der Waals surface area contributed by atoms with Crippen LogP contribution in [0.25, 0.3) is 10.9 Å². The maximum absolute atomic E-state index is 11.5. The summed E-state index contributed by atoms with van der Waals surface area (Å²) >= 11 is 6.21. The average Bonchev–Trinajstić information content (AvgIpc) is 3.01. The third-order valence-electron chi connectivity index (χ3n) is 5.55. The number of amides is 1. The summed E-state index contributed by atoms with van der Waals surface area (Å²) in [6.07, 6.45) is 2.89. The lowest BCUT2D eigenvalue weighted by Gasteiger charge is -2.43. The van der Waals surface area contributed by atoms with Crippen molar-refractivity contribution in [2.75, 3.05) is 13.1 Å². The molecule has 6 heteroatoms. The van der Waals surface area contributed by atoms with E-state index in [4.69, 9.17) is 11.6 Å². The second-order valence-corrected chi connectivity index (χ2v) is 7.77. The molecule has 1 aromatic carbocycles. The number of H-pyrrole nitrogens is 1. The van der Waals surface area contributed by atoms with E-state index >= 15 is 0 Å². The van der Waals surface area contributed by atoms with Gasteiger partial charge in [0, 0.05) is 30.4 Å². The van der Waals surface area contributed by atoms with Crippen molar-refractivity contribution in [3.05, 3.63) is 28.9 Å². The molecular formula is C18H24ClN3O2. The first-order chi connectivity index (χ1) is 11.3. The van der Waals surface area contributed by atoms with Crippen LogP contribution in [0.2, 0.25) is 5.02 Å². The van der Waals surface area contributed by atoms with E-state index in [0.29, 0.717) is 10.9 Å². The summed E-state index contributed by atoms with van der Waals surface area (Å²) in [5.74, 6) is 0.464. The van der Waals surface area contributed by atoms with Gasteiger partial charge in [0.25, 0.3) is 0 Å². The van der Waals surface area contributed by atoms with Crippen LogP contribution in [0.4, 0.5) is 0 Å². The molecule has 2 heterocycles. The van der Waals surface area contributed by atoms with Crippen molar-refractivity contribution in [2.24, 2.45) is 11.3 Å². The number of aromatic amines is 1. The van der Waals surface area contributed by atoms with E-state index in [-0.39, 0.29) is 11.3 Å². The predicted molar refractivity (Wildman–Crippen MR) is 94.8 cm³/mol. The molecule has 0 aliphatic carbocycles. The van der Waals surface area contributed by atoms with Crippen LogP contribution in [0.3, 0.4) is 0 Å². The summed E-state index contributed by atoms with van der Waals surface area (Å²) in [7, 11) is 0. The molecule has 0 spiro atoms. The van der Waals surface area contributed by atoms with E-state index in [9.17, 15) is 9.90 Å². The minimum atomic E-state index is -0.648. The Bertz CT molecular complexity index is 748. The Hall–Kier alpha value is -1.59. The number of halogens is 1. The summed E-state index contributed by atoms with van der Waals surface area (Å²) < 4.78 is 0. The maximum Gasteiger partial charge on any atom is 0.219 e. The van der Waals surface area contributed by atoms with Gasteiger partial charge in [0.05, 0.1) is 17.8 Å². The van der Waals surface area contributed by atoms with E-state index in [1.54, 1.807) is 13.1 Å². The number of piperidine rings is 1. The van der Waals surface area contributed by atoms with Crippen LogP contribution in [-0.2, 0) is 4.79 Å². The zero-order valence-electron chi connectivity index (χ0n) is 14.3. The van der Waals surface area contributed by atoms with Crippen molar-refractivity contribution in [1.82, 2.24) is 15.1 Å². The van der Waals surface area contributed by atoms with Gasteiger partial charge in [0.2, 0.25) is 5.91 Å². The molecule has 1 saturated heterocycles. The van der Waals surface area contributed by atoms with Gasteiger partial charge >= 0.3 is 0 Å². The number of nitrogens with one attached hydrogen (secondary N) is 1. The van der Waals surface area contributed by atoms with E-state index in [2.05, 4.69) is 24.0 Å². The molecule has 0 saturated carbocycles. The molecule has 0 bridgehead atoms. The van der Waals surface area contributed by atoms with Crippen molar-refractivity contribution in [1.29, 1.82) is 0 Å². The smallest absolute Gasteiger partial charge is 0.219 e. The highest BCUT2D eigenvalue weighted by atomic mass is 35.5. The zero-order valence-corrected chi connectivity index (χ0v) is 15.1. The molecule has 1 amide bonds. The lowest BCUT2D eigenvalue weighted by atomic mass is 9.68. The van der Waals surface area contributed by atoms with Crippen LogP contribution in [0, 0.1) is 11.3 Å². The number of aliphatic hydroxyl groups excluding tert-OH is 1. The van der Waals surface area contributed by atoms with Gasteiger partial charge in [0.1, 0.15) is 0 Å². The molecular weight excluding hydrogens is 326 g/mol. The third kappa shape index (κ3) is 3.03. The van der Waals surface area contributed by atoms with Crippen LogP contribution in [0.15, 0.2) is 18.3 Å². The first kappa shape index (κ1) is 17.2. The molecule has 24 heavy (non-hydrogen) atoms. The van der Waals surface area contributed by atoms with Gasteiger partial charge in [-0.1, -0.05) is 25.4 Å². The number of fused-ring (bicyclic) bond motifs is 1. The number of aromatic nitrogens is 2. The standard InChI is InChI=1S/C18H24ClN3O2/c1-11(23)22-6-4-12(5-7-22)18(2,3)17(24)14-8-13(19)9-16-15(14)10-20-21-16/h8-10,12,17,24H,4-7H2,1-3H3,(H,20,21). The third-order valence-corrected chi connectivity index (χ3v) is 5.77. The Morgan fingerprint density at radius 2 is 2.08 bits per heavy atom. The number of hydrogen-bond acceptors (Lipinski definition) is 3. The highest BCUT2D eigenvalue weighted by Gasteiger charge is 2.39. The zero-order chi connectivity index (χ0) is 17.5. The Kier molecular flexibility index (Phi) is 4.58. The molecule has 1 aromatic heterocycles. The molecule has 1 atom stereocenters. The summed E-state index contributed by atoms with van der Waals surface area (Å²) in [6, 6.07) is 3.65. The van der Waals surface area contributed by atoms with E-state index in [1.165, 1.54) is 0 Å². The lowest BCUT2D eigenvalue weighted by Crippen LogP contribution is -2.42. The van der Waals surface area contributed by atoms with Gasteiger partial charge in [0.15, 0.2) is 0 Å². The van der Waals surface area contributed by atoms with Crippen molar-refractivity contribution in [3.8, 4) is 0 Å². The number of benzene rings is 1. The SMILES string of the molecule is CC(=O)N1CCC(C(C)(C)C(O)c2cc(Cl)cc3[nH]ncc23)CC1. The number of aliphatic hydroxyl groups is 1. The molecule has 1 aliphatic heterocycles. The average molecular weight is 350 g/mol. The molecule has 0 radical (unpaired) electrons. The van der Waals surface area contributed by atoms with E-state index in [1.807, 2.05) is 17.0 Å². The molecule has 5 nitrogen and oxygen atoms in total. The fraction of sp³-hybridized carbons (Fsp3) is 0.556. The van der Waals surface area contributed by atoms with Crippen molar-refractivity contribution >= 4 is 28.4 Å². The Morgan fingerprint density at radius 3 is 2.71 bits per heavy atom. The fourth-order valence-corrected chi connectivity index (χ4v) is 4.06. The van der Waals surface area contributed by atoms with Crippen molar-refractivity contribution < 1.29 is 9.90 Å². The van der Waals surface area contributed by atoms with Gasteiger partial charge in [-0.05, 0) is 41.9 Å². The molecule has 1 aliphatic rings. The largest absolute Gasteiger partial charge is 0.388 e. The van der Waals surface area contributed by atoms with Gasteiger partial charge < -0.3 is 10.0 Å². The molecule has 2 aromatic rings. The summed E-state index contributed by atoms with van der Waals surface area (Å²) in [5, 5.41) is 19.6. The number of carbonyl (C=O) groups is 1. The molecule has 3 rings (SSSR count). The second kappa shape index (κ2) is 6.37. The maximum atomic E-state index is 11.5. The predicted octanol–water partition coefficient (Wildman–Crippen LogP) is 3.53. The number of nitrogens with zero attached hydrogens (tertiary/aromatic N) is 2. The van der Waals surface area contributed by atoms with Gasteiger partial charge in [-0.3, -0.25) is 9.89 Å². The van der Waals surface area contributed by atoms with Crippen molar-refractivity contribution in [3.63, 3.8) is 0 Å². The Morgan fingerprint density at radius 1 is 1.42 bits per heavy atom. The van der Waals surface area contributed by atoms with Crippen LogP contribution in [-0.4, -0.2) is 39.2 Å². The fourth-order valence-electron chi connectivity index (χ4n) is 3.83. The number of hydrogen-bond donors (Lipinski definition) is 2. The van der Waals surface area contributed by atoms with Crippen LogP contribution < -0.4 is 0 Å². The monoisotopic (exact) mass is 349 g/mol. The Labute approximate surface area is 147 Å². The summed E-state index contributed by atoms with van der Waals surface area (Å²) in [5.41, 5.74) is 1.32. The minimum absolute atomic E-state index is 0.127. The molecule has 1 unspecified atom stereocenters. The van der Waals surface area contributed by atoms with E-state index in [0.717, 1.165) is 42.4 Å². The normalized spacial score (nSPS) is 18.1.